The van der Waals surface area contributed by atoms with E-state index in [0.717, 1.165) is 22.5 Å². The van der Waals surface area contributed by atoms with Gasteiger partial charge in [0.1, 0.15) is 5.75 Å². The Morgan fingerprint density at radius 1 is 1.31 bits per heavy atom. The van der Waals surface area contributed by atoms with E-state index in [9.17, 15) is 9.59 Å². The second-order valence-corrected chi connectivity index (χ2v) is 5.78. The van der Waals surface area contributed by atoms with E-state index in [0.29, 0.717) is 12.3 Å². The van der Waals surface area contributed by atoms with Crippen LogP contribution in [-0.2, 0) is 27.9 Å². The zero-order valence-corrected chi connectivity index (χ0v) is 15.4. The van der Waals surface area contributed by atoms with E-state index >= 15 is 0 Å². The summed E-state index contributed by atoms with van der Waals surface area (Å²) in [7, 11) is 3.42. The minimum atomic E-state index is -0.579. The summed E-state index contributed by atoms with van der Waals surface area (Å²) in [5, 5.41) is 6.96. The number of hydrogen-bond acceptors (Lipinski definition) is 5. The lowest BCUT2D eigenvalue weighted by Crippen LogP contribution is -2.28. The first kappa shape index (κ1) is 19.2. The standard InChI is InChI=1S/C19H23N3O4/c1-13-17(14(2)22(3)21-13)8-9-19(24)26-12-18(23)20-11-15-6-5-7-16(10-15)25-4/h5-10H,11-12H2,1-4H3,(H,20,23)/b9-8+. The molecule has 1 heterocycles. The van der Waals surface area contributed by atoms with Crippen molar-refractivity contribution in [2.24, 2.45) is 7.05 Å². The minimum Gasteiger partial charge on any atom is -0.497 e. The third-order valence-corrected chi connectivity index (χ3v) is 3.92. The molecule has 7 heteroatoms. The van der Waals surface area contributed by atoms with Gasteiger partial charge in [0.05, 0.1) is 12.8 Å². The average Bonchev–Trinajstić information content (AvgIpc) is 2.88. The molecule has 0 saturated carbocycles. The van der Waals surface area contributed by atoms with Crippen molar-refractivity contribution in [3.05, 3.63) is 52.9 Å². The molecule has 0 bridgehead atoms. The van der Waals surface area contributed by atoms with Crippen molar-refractivity contribution >= 4 is 18.0 Å². The summed E-state index contributed by atoms with van der Waals surface area (Å²) in [6.45, 7) is 3.77. The van der Waals surface area contributed by atoms with Crippen molar-refractivity contribution < 1.29 is 19.1 Å². The molecule has 0 aliphatic rings. The molecule has 0 aliphatic heterocycles. The molecule has 138 valence electrons. The van der Waals surface area contributed by atoms with E-state index in [1.54, 1.807) is 17.9 Å². The van der Waals surface area contributed by atoms with Gasteiger partial charge in [-0.05, 0) is 37.6 Å². The van der Waals surface area contributed by atoms with Crippen LogP contribution in [0.4, 0.5) is 0 Å². The highest BCUT2D eigenvalue weighted by Gasteiger charge is 2.08. The fourth-order valence-corrected chi connectivity index (χ4v) is 2.40. The Morgan fingerprint density at radius 2 is 2.08 bits per heavy atom. The molecule has 0 saturated heterocycles. The SMILES string of the molecule is COc1cccc(CNC(=O)COC(=O)/C=C/c2c(C)nn(C)c2C)c1. The lowest BCUT2D eigenvalue weighted by molar-refractivity contribution is -0.143. The molecular weight excluding hydrogens is 334 g/mol. The Bertz CT molecular complexity index is 824. The molecule has 1 N–H and O–H groups in total. The molecule has 26 heavy (non-hydrogen) atoms. The number of carbonyl (C=O) groups is 2. The number of ether oxygens (including phenoxy) is 2. The summed E-state index contributed by atoms with van der Waals surface area (Å²) >= 11 is 0. The van der Waals surface area contributed by atoms with Crippen LogP contribution < -0.4 is 10.1 Å². The van der Waals surface area contributed by atoms with Gasteiger partial charge in [0.15, 0.2) is 6.61 Å². The van der Waals surface area contributed by atoms with Crippen LogP contribution in [0.1, 0.15) is 22.5 Å². The highest BCUT2D eigenvalue weighted by Crippen LogP contribution is 2.14. The number of aryl methyl sites for hydroxylation is 2. The van der Waals surface area contributed by atoms with Crippen LogP contribution in [0.3, 0.4) is 0 Å². The van der Waals surface area contributed by atoms with Crippen molar-refractivity contribution in [1.82, 2.24) is 15.1 Å². The number of nitrogens with one attached hydrogen (secondary N) is 1. The van der Waals surface area contributed by atoms with E-state index in [-0.39, 0.29) is 12.5 Å². The zero-order chi connectivity index (χ0) is 19.1. The van der Waals surface area contributed by atoms with E-state index < -0.39 is 5.97 Å². The highest BCUT2D eigenvalue weighted by molar-refractivity contribution is 5.89. The van der Waals surface area contributed by atoms with Gasteiger partial charge >= 0.3 is 5.97 Å². The normalized spacial score (nSPS) is 10.8. The lowest BCUT2D eigenvalue weighted by Gasteiger charge is -2.07. The second kappa shape index (κ2) is 8.84. The molecule has 7 nitrogen and oxygen atoms in total. The number of benzene rings is 1. The van der Waals surface area contributed by atoms with E-state index in [2.05, 4.69) is 10.4 Å². The number of hydrogen-bond donors (Lipinski definition) is 1. The third-order valence-electron chi connectivity index (χ3n) is 3.92. The topological polar surface area (TPSA) is 82.4 Å². The number of esters is 1. The number of nitrogens with zero attached hydrogens (tertiary/aromatic N) is 2. The number of aromatic nitrogens is 2. The van der Waals surface area contributed by atoms with E-state index in [1.807, 2.05) is 45.2 Å². The van der Waals surface area contributed by atoms with Crippen molar-refractivity contribution in [3.63, 3.8) is 0 Å². The lowest BCUT2D eigenvalue weighted by atomic mass is 10.2. The van der Waals surface area contributed by atoms with Gasteiger partial charge in [-0.25, -0.2) is 4.79 Å². The number of carbonyl (C=O) groups excluding carboxylic acids is 2. The molecule has 0 radical (unpaired) electrons. The van der Waals surface area contributed by atoms with Crippen LogP contribution in [0.2, 0.25) is 0 Å². The molecule has 2 rings (SSSR count). The van der Waals surface area contributed by atoms with Gasteiger partial charge in [0.2, 0.25) is 0 Å². The fourth-order valence-electron chi connectivity index (χ4n) is 2.40. The van der Waals surface area contributed by atoms with Crippen LogP contribution in [0, 0.1) is 13.8 Å². The Morgan fingerprint density at radius 3 is 2.73 bits per heavy atom. The largest absolute Gasteiger partial charge is 0.497 e. The first-order valence-corrected chi connectivity index (χ1v) is 8.15. The van der Waals surface area contributed by atoms with Crippen LogP contribution in [0.15, 0.2) is 30.3 Å². The first-order chi connectivity index (χ1) is 12.4. The van der Waals surface area contributed by atoms with Gasteiger partial charge in [-0.1, -0.05) is 12.1 Å². The predicted molar refractivity (Wildman–Crippen MR) is 97.5 cm³/mol. The summed E-state index contributed by atoms with van der Waals surface area (Å²) in [6, 6.07) is 7.36. The molecule has 2 aromatic rings. The molecule has 0 atom stereocenters. The molecule has 1 aromatic heterocycles. The van der Waals surface area contributed by atoms with Gasteiger partial charge < -0.3 is 14.8 Å². The van der Waals surface area contributed by atoms with Gasteiger partial charge in [-0.15, -0.1) is 0 Å². The Kier molecular flexibility index (Phi) is 6.54. The monoisotopic (exact) mass is 357 g/mol. The number of methoxy groups -OCH3 is 1. The Balaban J connectivity index is 1.79. The van der Waals surface area contributed by atoms with Crippen molar-refractivity contribution in [3.8, 4) is 5.75 Å². The maximum Gasteiger partial charge on any atom is 0.331 e. The van der Waals surface area contributed by atoms with Gasteiger partial charge in [-0.3, -0.25) is 9.48 Å². The predicted octanol–water partition coefficient (Wildman–Crippen LogP) is 1.92. The maximum absolute atomic E-state index is 11.8. The first-order valence-electron chi connectivity index (χ1n) is 8.15. The van der Waals surface area contributed by atoms with Crippen molar-refractivity contribution in [2.45, 2.75) is 20.4 Å². The zero-order valence-electron chi connectivity index (χ0n) is 15.4. The second-order valence-electron chi connectivity index (χ2n) is 5.78. The molecule has 0 aliphatic carbocycles. The van der Waals surface area contributed by atoms with E-state index in [1.165, 1.54) is 6.08 Å². The third kappa shape index (κ3) is 5.20. The maximum atomic E-state index is 11.8. The summed E-state index contributed by atoms with van der Waals surface area (Å²) in [4.78, 5) is 23.6. The summed E-state index contributed by atoms with van der Waals surface area (Å²) < 4.78 is 11.8. The van der Waals surface area contributed by atoms with Crippen LogP contribution >= 0.6 is 0 Å². The highest BCUT2D eigenvalue weighted by atomic mass is 16.5. The number of amides is 1. The van der Waals surface area contributed by atoms with Crippen LogP contribution in [0.25, 0.3) is 6.08 Å². The molecule has 1 amide bonds. The van der Waals surface area contributed by atoms with Crippen molar-refractivity contribution in [2.75, 3.05) is 13.7 Å². The Hall–Kier alpha value is -3.09. The quantitative estimate of drug-likeness (QED) is 0.605. The summed E-state index contributed by atoms with van der Waals surface area (Å²) in [5.74, 6) is -0.234. The average molecular weight is 357 g/mol. The smallest absolute Gasteiger partial charge is 0.331 e. The molecule has 0 fully saturated rings. The fraction of sp³-hybridized carbons (Fsp3) is 0.316. The van der Waals surface area contributed by atoms with Gasteiger partial charge in [0.25, 0.3) is 5.91 Å². The summed E-state index contributed by atoms with van der Waals surface area (Å²) in [5.41, 5.74) is 3.53. The number of rotatable bonds is 7. The molecular formula is C19H23N3O4. The van der Waals surface area contributed by atoms with Gasteiger partial charge in [0, 0.05) is 30.9 Å². The molecule has 0 unspecified atom stereocenters. The summed E-state index contributed by atoms with van der Waals surface area (Å²) in [6.07, 6.45) is 2.94. The van der Waals surface area contributed by atoms with Crippen LogP contribution in [0.5, 0.6) is 5.75 Å². The Labute approximate surface area is 152 Å². The van der Waals surface area contributed by atoms with Crippen molar-refractivity contribution in [1.29, 1.82) is 0 Å². The van der Waals surface area contributed by atoms with Crippen LogP contribution in [-0.4, -0.2) is 35.4 Å². The molecule has 1 aromatic carbocycles. The minimum absolute atomic E-state index is 0.331. The van der Waals surface area contributed by atoms with E-state index in [4.69, 9.17) is 9.47 Å². The molecule has 0 spiro atoms. The van der Waals surface area contributed by atoms with Gasteiger partial charge in [-0.2, -0.15) is 5.10 Å².